The maximum atomic E-state index is 13.3. The molecule has 90 valence electrons. The van der Waals surface area contributed by atoms with Crippen LogP contribution in [-0.4, -0.2) is 24.1 Å². The monoisotopic (exact) mass is 264 g/mol. The van der Waals surface area contributed by atoms with Gasteiger partial charge in [-0.1, -0.05) is 0 Å². The molecule has 0 spiro atoms. The summed E-state index contributed by atoms with van der Waals surface area (Å²) in [6.45, 7) is 2.38. The topological polar surface area (TPSA) is 52.6 Å². The summed E-state index contributed by atoms with van der Waals surface area (Å²) in [4.78, 5) is 10.4. The molecular formula is C7H12ClF2O4P. The number of rotatable bonds is 7. The summed E-state index contributed by atoms with van der Waals surface area (Å²) in [6.07, 6.45) is -1.37. The summed E-state index contributed by atoms with van der Waals surface area (Å²) >= 11 is 4.82. The first-order chi connectivity index (χ1) is 6.79. The predicted molar refractivity (Wildman–Crippen MR) is 51.3 cm³/mol. The van der Waals surface area contributed by atoms with E-state index < -0.39 is 24.9 Å². The van der Waals surface area contributed by atoms with Gasteiger partial charge in [0.1, 0.15) is 0 Å². The Hall–Kier alpha value is -0.0300. The summed E-state index contributed by atoms with van der Waals surface area (Å²) in [5, 5.41) is -1.29. The molecule has 0 amide bonds. The fourth-order valence-electron chi connectivity index (χ4n) is 0.830. The van der Waals surface area contributed by atoms with E-state index in [0.717, 1.165) is 0 Å². The lowest BCUT2D eigenvalue weighted by Gasteiger charge is -2.24. The molecule has 0 aliphatic heterocycles. The second-order valence-corrected chi connectivity index (χ2v) is 5.12. The van der Waals surface area contributed by atoms with E-state index >= 15 is 0 Å². The van der Waals surface area contributed by atoms with Crippen LogP contribution < -0.4 is 0 Å². The van der Waals surface area contributed by atoms with Crippen LogP contribution >= 0.6 is 19.2 Å². The molecule has 0 aromatic carbocycles. The van der Waals surface area contributed by atoms with Crippen molar-refractivity contribution in [2.24, 2.45) is 0 Å². The first kappa shape index (κ1) is 15.0. The Morgan fingerprint density at radius 3 is 2.00 bits per heavy atom. The Labute approximate surface area is 91.4 Å². The van der Waals surface area contributed by atoms with Crippen LogP contribution in [0.2, 0.25) is 0 Å². The summed E-state index contributed by atoms with van der Waals surface area (Å²) in [6, 6.07) is 0. The molecule has 0 aliphatic carbocycles. The number of carbonyl (C=O) groups excluding carboxylic acids is 1. The minimum atomic E-state index is -4.61. The van der Waals surface area contributed by atoms with Crippen molar-refractivity contribution < 1.29 is 27.2 Å². The zero-order valence-electron chi connectivity index (χ0n) is 8.34. The molecule has 0 radical (unpaired) electrons. The third-order valence-electron chi connectivity index (χ3n) is 1.35. The highest BCUT2D eigenvalue weighted by Crippen LogP contribution is 2.63. The highest BCUT2D eigenvalue weighted by molar-refractivity contribution is 7.55. The Kier molecular flexibility index (Phi) is 5.88. The number of hydrogen-bond acceptors (Lipinski definition) is 4. The van der Waals surface area contributed by atoms with Gasteiger partial charge in [-0.15, -0.1) is 0 Å². The number of carbonyl (C=O) groups is 1. The average molecular weight is 265 g/mol. The molecule has 0 saturated heterocycles. The lowest BCUT2D eigenvalue weighted by atomic mass is 10.5. The van der Waals surface area contributed by atoms with E-state index in [1.165, 1.54) is 13.8 Å². The maximum Gasteiger partial charge on any atom is 0.400 e. The summed E-state index contributed by atoms with van der Waals surface area (Å²) in [5.41, 5.74) is -3.89. The number of hydrogen-bond donors (Lipinski definition) is 0. The smallest absolute Gasteiger partial charge is 0.305 e. The van der Waals surface area contributed by atoms with Crippen LogP contribution in [-0.2, 0) is 18.4 Å². The SMILES string of the molecule is CCOP(=O)(OCC)C(F)(F)CC(=O)Cl. The van der Waals surface area contributed by atoms with Crippen molar-refractivity contribution in [3.05, 3.63) is 0 Å². The van der Waals surface area contributed by atoms with Crippen molar-refractivity contribution >= 4 is 24.4 Å². The van der Waals surface area contributed by atoms with Crippen LogP contribution in [0.5, 0.6) is 0 Å². The third kappa shape index (κ3) is 4.15. The van der Waals surface area contributed by atoms with Gasteiger partial charge in [0.05, 0.1) is 19.6 Å². The van der Waals surface area contributed by atoms with Crippen molar-refractivity contribution in [2.45, 2.75) is 25.9 Å². The molecule has 8 heteroatoms. The molecule has 0 fully saturated rings. The molecule has 0 rings (SSSR count). The van der Waals surface area contributed by atoms with E-state index in [1.54, 1.807) is 0 Å². The fourth-order valence-corrected chi connectivity index (χ4v) is 2.56. The van der Waals surface area contributed by atoms with Gasteiger partial charge in [0, 0.05) is 0 Å². The molecule has 15 heavy (non-hydrogen) atoms. The van der Waals surface area contributed by atoms with Gasteiger partial charge in [0.25, 0.3) is 0 Å². The minimum Gasteiger partial charge on any atom is -0.305 e. The van der Waals surface area contributed by atoms with Crippen LogP contribution in [0.4, 0.5) is 8.78 Å². The Morgan fingerprint density at radius 2 is 1.73 bits per heavy atom. The van der Waals surface area contributed by atoms with Gasteiger partial charge in [0.2, 0.25) is 5.24 Å². The van der Waals surface area contributed by atoms with Crippen molar-refractivity contribution in [3.63, 3.8) is 0 Å². The van der Waals surface area contributed by atoms with Crippen molar-refractivity contribution in [1.82, 2.24) is 0 Å². The molecule has 0 saturated carbocycles. The van der Waals surface area contributed by atoms with Crippen LogP contribution in [0.3, 0.4) is 0 Å². The van der Waals surface area contributed by atoms with Crippen molar-refractivity contribution in [2.75, 3.05) is 13.2 Å². The van der Waals surface area contributed by atoms with Crippen molar-refractivity contribution in [1.29, 1.82) is 0 Å². The highest BCUT2D eigenvalue weighted by atomic mass is 35.5. The number of alkyl halides is 2. The molecule has 0 atom stereocenters. The molecular weight excluding hydrogens is 252 g/mol. The molecule has 0 unspecified atom stereocenters. The largest absolute Gasteiger partial charge is 0.400 e. The zero-order chi connectivity index (χ0) is 12.1. The molecule has 4 nitrogen and oxygen atoms in total. The Morgan fingerprint density at radius 1 is 1.33 bits per heavy atom. The van der Waals surface area contributed by atoms with Crippen LogP contribution in [0.1, 0.15) is 20.3 Å². The normalized spacial score (nSPS) is 12.9. The molecule has 0 heterocycles. The summed E-state index contributed by atoms with van der Waals surface area (Å²) in [7, 11) is -4.61. The second kappa shape index (κ2) is 5.89. The summed E-state index contributed by atoms with van der Waals surface area (Å²) < 4.78 is 46.9. The van der Waals surface area contributed by atoms with Gasteiger partial charge >= 0.3 is 13.3 Å². The van der Waals surface area contributed by atoms with E-state index in [9.17, 15) is 18.1 Å². The highest BCUT2D eigenvalue weighted by Gasteiger charge is 2.54. The maximum absolute atomic E-state index is 13.3. The quantitative estimate of drug-likeness (QED) is 0.524. The molecule has 0 N–H and O–H groups in total. The molecule has 0 aliphatic rings. The van der Waals surface area contributed by atoms with E-state index in [0.29, 0.717) is 0 Å². The van der Waals surface area contributed by atoms with Gasteiger partial charge in [-0.3, -0.25) is 9.36 Å². The lowest BCUT2D eigenvalue weighted by molar-refractivity contribution is -0.115. The van der Waals surface area contributed by atoms with Gasteiger partial charge in [0.15, 0.2) is 0 Å². The molecule has 0 aromatic heterocycles. The van der Waals surface area contributed by atoms with Crippen LogP contribution in [0, 0.1) is 0 Å². The van der Waals surface area contributed by atoms with E-state index in [-0.39, 0.29) is 13.2 Å². The molecule has 0 bridgehead atoms. The van der Waals surface area contributed by atoms with Gasteiger partial charge in [-0.25, -0.2) is 0 Å². The Bertz CT molecular complexity index is 262. The summed E-state index contributed by atoms with van der Waals surface area (Å²) in [5.74, 6) is 0. The third-order valence-corrected chi connectivity index (χ3v) is 3.64. The molecule has 0 aromatic rings. The number of halogens is 3. The standard InChI is InChI=1S/C7H12ClF2O4P/c1-3-13-15(12,14-4-2)7(9,10)5-6(8)11/h3-5H2,1-2H3. The first-order valence-corrected chi connectivity index (χ1v) is 6.16. The van der Waals surface area contributed by atoms with E-state index in [4.69, 9.17) is 11.6 Å². The second-order valence-electron chi connectivity index (χ2n) is 2.53. The van der Waals surface area contributed by atoms with Gasteiger partial charge in [-0.2, -0.15) is 8.78 Å². The fraction of sp³-hybridized carbons (Fsp3) is 0.857. The van der Waals surface area contributed by atoms with Gasteiger partial charge < -0.3 is 9.05 Å². The minimum absolute atomic E-state index is 0.205. The van der Waals surface area contributed by atoms with Crippen LogP contribution in [0.25, 0.3) is 0 Å². The zero-order valence-corrected chi connectivity index (χ0v) is 9.99. The lowest BCUT2D eigenvalue weighted by Crippen LogP contribution is -2.22. The van der Waals surface area contributed by atoms with E-state index in [1.807, 2.05) is 0 Å². The van der Waals surface area contributed by atoms with Crippen LogP contribution in [0.15, 0.2) is 0 Å². The predicted octanol–water partition coefficient (Wildman–Crippen LogP) is 3.00. The van der Waals surface area contributed by atoms with Gasteiger partial charge in [-0.05, 0) is 25.4 Å². The van der Waals surface area contributed by atoms with Crippen molar-refractivity contribution in [3.8, 4) is 0 Å². The van der Waals surface area contributed by atoms with E-state index in [2.05, 4.69) is 9.05 Å². The Balaban J connectivity index is 4.87. The first-order valence-electron chi connectivity index (χ1n) is 4.24. The average Bonchev–Trinajstić information content (AvgIpc) is 2.02.